The Morgan fingerprint density at radius 3 is 2.50 bits per heavy atom. The van der Waals surface area contributed by atoms with Crippen LogP contribution >= 0.6 is 11.6 Å². The molecule has 1 nitrogen and oxygen atoms in total. The average Bonchev–Trinajstić information content (AvgIpc) is 1.49. The topological polar surface area (TPSA) is 17.1 Å². The molecule has 0 heterocycles. The van der Waals surface area contributed by atoms with E-state index in [4.69, 9.17) is 19.8 Å². The van der Waals surface area contributed by atoms with Gasteiger partial charge in [0, 0.05) is 14.1 Å². The van der Waals surface area contributed by atoms with Crippen LogP contribution in [0.25, 0.3) is 0 Å². The fourth-order valence-corrected chi connectivity index (χ4v) is 0. The third kappa shape index (κ3) is 2.21. The van der Waals surface area contributed by atoms with Crippen molar-refractivity contribution in [2.75, 3.05) is 0 Å². The van der Waals surface area contributed by atoms with Gasteiger partial charge in [-0.2, -0.15) is 0 Å². The maximum absolute atomic E-state index is 10.5. The smallest absolute Gasteiger partial charge is 0.224 e. The van der Waals surface area contributed by atoms with Crippen molar-refractivity contribution in [1.29, 1.82) is 0 Å². The largest absolute Gasteiger partial charge is 0.281 e. The summed E-state index contributed by atoms with van der Waals surface area (Å²) in [7, 11) is 0. The fourth-order valence-electron chi connectivity index (χ4n) is 0. The van der Waals surface area contributed by atoms with E-state index in [1.54, 1.807) is 0 Å². The molecule has 0 saturated carbocycles. The van der Waals surface area contributed by atoms with E-state index in [1.807, 2.05) is 0 Å². The molecule has 0 bridgehead atoms. The lowest BCUT2D eigenvalue weighted by Crippen LogP contribution is -1.95. The summed E-state index contributed by atoms with van der Waals surface area (Å²) in [5.74, 6) is -2.09. The first-order valence-electron chi connectivity index (χ1n) is 4.26. The Labute approximate surface area is 50.7 Å². The summed E-state index contributed by atoms with van der Waals surface area (Å²) in [6.07, 6.45) is 0. The monoisotopic (exact) mass is 112 g/mol. The number of hydrogen-bond acceptors (Lipinski definition) is 1. The van der Waals surface area contributed by atoms with Gasteiger partial charge in [-0.25, -0.2) is 0 Å². The van der Waals surface area contributed by atoms with Gasteiger partial charge in [-0.3, -0.25) is 4.79 Å². The van der Waals surface area contributed by atoms with Gasteiger partial charge in [0.1, 0.15) is 0 Å². The first-order valence-corrected chi connectivity index (χ1v) is 1.64. The molecule has 6 heavy (non-hydrogen) atoms. The minimum absolute atomic E-state index is 1.35. The minimum Gasteiger partial charge on any atom is -0.281 e. The molecule has 0 N–H and O–H groups in total. The van der Waals surface area contributed by atoms with E-state index in [0.717, 1.165) is 0 Å². The predicted molar refractivity (Wildman–Crippen MR) is 25.7 cm³/mol. The quantitative estimate of drug-likeness (QED) is 0.469. The minimum atomic E-state index is -2.87. The molecule has 0 aliphatic carbocycles. The molecule has 0 aromatic carbocycles. The molecule has 0 spiro atoms. The summed E-state index contributed by atoms with van der Waals surface area (Å²) in [5, 5.41) is -1.35. The van der Waals surface area contributed by atoms with Crippen molar-refractivity contribution in [2.45, 2.75) is 13.7 Å². The van der Waals surface area contributed by atoms with Gasteiger partial charge in [0.25, 0.3) is 0 Å². The first kappa shape index (κ1) is 1.22. The molecule has 0 aliphatic rings. The number of halogens is 1. The normalized spacial score (nSPS) is 28.3. The van der Waals surface area contributed by atoms with Gasteiger partial charge >= 0.3 is 0 Å². The predicted octanol–water partition coefficient (Wildman–Crippen LogP) is 1.41. The number of carbonyl (C=O) groups excluding carboxylic acids is 1. The Bertz CT molecular complexity index is 167. The van der Waals surface area contributed by atoms with E-state index >= 15 is 0 Å². The molecule has 0 aromatic rings. The van der Waals surface area contributed by atoms with E-state index in [1.165, 1.54) is 0 Å². The van der Waals surface area contributed by atoms with Gasteiger partial charge in [-0.15, -0.1) is 0 Å². The van der Waals surface area contributed by atoms with Crippen LogP contribution in [-0.2, 0) is 4.79 Å². The van der Waals surface area contributed by atoms with Crippen LogP contribution < -0.4 is 0 Å². The molecule has 36 valence electrons. The Morgan fingerprint density at radius 1 is 2.00 bits per heavy atom. The second-order valence-corrected chi connectivity index (χ2v) is 1.11. The zero-order valence-electron chi connectivity index (χ0n) is 8.86. The molecule has 0 radical (unpaired) electrons. The Hall–Kier alpha value is -0.0400. The highest BCUT2D eigenvalue weighted by Crippen LogP contribution is 1.95. The summed E-state index contributed by atoms with van der Waals surface area (Å²) in [5.41, 5.74) is 0. The summed E-state index contributed by atoms with van der Waals surface area (Å²) >= 11 is 4.85. The number of rotatable bonds is 1. The van der Waals surface area contributed by atoms with Crippen molar-refractivity contribution >= 4 is 16.8 Å². The molecule has 0 fully saturated rings. The van der Waals surface area contributed by atoms with E-state index < -0.39 is 24.9 Å². The van der Waals surface area contributed by atoms with Crippen LogP contribution in [0.3, 0.4) is 0 Å². The molecule has 0 atom stereocenters. The summed E-state index contributed by atoms with van der Waals surface area (Å²) in [6, 6.07) is 0. The van der Waals surface area contributed by atoms with E-state index in [9.17, 15) is 4.79 Å². The van der Waals surface area contributed by atoms with Crippen LogP contribution in [0.1, 0.15) is 21.9 Å². The van der Waals surface area contributed by atoms with Crippen molar-refractivity contribution in [1.82, 2.24) is 0 Å². The molecule has 0 aliphatic heterocycles. The molecule has 2 heteroatoms. The molecule has 0 rings (SSSR count). The van der Waals surface area contributed by atoms with Crippen molar-refractivity contribution in [3.8, 4) is 0 Å². The standard InChI is InChI=1S/C4H7ClO/c1-3(2)4(5)6/h3H,1-2H3/i1D3,2D3. The van der Waals surface area contributed by atoms with Crippen molar-refractivity contribution < 1.29 is 13.0 Å². The maximum atomic E-state index is 10.5. The van der Waals surface area contributed by atoms with E-state index in [0.29, 0.717) is 0 Å². The molecule has 0 unspecified atom stereocenters. The number of hydrogen-bond donors (Lipinski definition) is 0. The summed E-state index contributed by atoms with van der Waals surface area (Å²) in [6.45, 7) is -5.74. The van der Waals surface area contributed by atoms with E-state index in [2.05, 4.69) is 0 Å². The van der Waals surface area contributed by atoms with Crippen molar-refractivity contribution in [3.63, 3.8) is 0 Å². The van der Waals surface area contributed by atoms with Crippen LogP contribution in [0.4, 0.5) is 0 Å². The van der Waals surface area contributed by atoms with Crippen LogP contribution in [0.2, 0.25) is 0 Å². The highest BCUT2D eigenvalue weighted by atomic mass is 35.5. The highest BCUT2D eigenvalue weighted by molar-refractivity contribution is 6.63. The third-order valence-corrected chi connectivity index (χ3v) is 0.445. The van der Waals surface area contributed by atoms with Crippen LogP contribution in [0.15, 0.2) is 0 Å². The Balaban J connectivity index is 4.82. The molecule has 0 aromatic heterocycles. The van der Waals surface area contributed by atoms with Crippen LogP contribution in [0.5, 0.6) is 0 Å². The highest BCUT2D eigenvalue weighted by Gasteiger charge is 1.98. The van der Waals surface area contributed by atoms with Gasteiger partial charge in [-0.05, 0) is 11.6 Å². The summed E-state index contributed by atoms with van der Waals surface area (Å²) < 4.78 is 40.5. The van der Waals surface area contributed by atoms with Gasteiger partial charge in [0.15, 0.2) is 0 Å². The summed E-state index contributed by atoms with van der Waals surface area (Å²) in [4.78, 5) is 10.5. The average molecular weight is 113 g/mol. The molecule has 0 amide bonds. The zero-order valence-corrected chi connectivity index (χ0v) is 3.62. The Morgan fingerprint density at radius 2 is 2.50 bits per heavy atom. The Kier molecular flexibility index (Phi) is 0.445. The molecular formula is C4H7ClO. The van der Waals surface area contributed by atoms with Gasteiger partial charge in [-0.1, -0.05) is 13.7 Å². The van der Waals surface area contributed by atoms with Crippen molar-refractivity contribution in [2.24, 2.45) is 5.92 Å². The fraction of sp³-hybridized carbons (Fsp3) is 0.750. The SMILES string of the molecule is [2H]C([2H])([2H])C(C(=O)Cl)C([2H])([2H])[2H]. The lowest BCUT2D eigenvalue weighted by Gasteiger charge is -1.88. The van der Waals surface area contributed by atoms with Gasteiger partial charge in [0.2, 0.25) is 5.24 Å². The first-order chi connectivity index (χ1) is 5.07. The van der Waals surface area contributed by atoms with Crippen molar-refractivity contribution in [3.05, 3.63) is 0 Å². The van der Waals surface area contributed by atoms with E-state index in [-0.39, 0.29) is 0 Å². The van der Waals surface area contributed by atoms with Gasteiger partial charge < -0.3 is 0 Å². The van der Waals surface area contributed by atoms with Gasteiger partial charge in [0.05, 0.1) is 0 Å². The molecule has 0 saturated heterocycles. The molecular weight excluding hydrogens is 99.5 g/mol. The second kappa shape index (κ2) is 2.19. The zero-order chi connectivity index (χ0) is 10.2. The third-order valence-electron chi connectivity index (χ3n) is 0.227. The maximum Gasteiger partial charge on any atom is 0.224 e. The van der Waals surface area contributed by atoms with Crippen LogP contribution in [0, 0.1) is 5.92 Å². The number of carbonyl (C=O) groups is 1. The lowest BCUT2D eigenvalue weighted by molar-refractivity contribution is -0.114. The van der Waals surface area contributed by atoms with Crippen LogP contribution in [-0.4, -0.2) is 5.24 Å². The second-order valence-electron chi connectivity index (χ2n) is 0.737. The lowest BCUT2D eigenvalue weighted by atomic mass is 10.3.